The number of rotatable bonds is 2. The van der Waals surface area contributed by atoms with Crippen molar-refractivity contribution in [3.63, 3.8) is 0 Å². The van der Waals surface area contributed by atoms with E-state index in [2.05, 4.69) is 5.32 Å². The quantitative estimate of drug-likeness (QED) is 0.890. The highest BCUT2D eigenvalue weighted by atomic mass is 19.1. The summed E-state index contributed by atoms with van der Waals surface area (Å²) in [6, 6.07) is 5.92. The van der Waals surface area contributed by atoms with Crippen LogP contribution < -0.4 is 5.32 Å². The molecule has 2 fully saturated rings. The summed E-state index contributed by atoms with van der Waals surface area (Å²) in [6.45, 7) is 1.76. The molecule has 1 aliphatic heterocycles. The lowest BCUT2D eigenvalue weighted by Gasteiger charge is -2.46. The Balaban J connectivity index is 1.54. The predicted octanol–water partition coefficient (Wildman–Crippen LogP) is 2.51. The third-order valence-electron chi connectivity index (χ3n) is 4.30. The third kappa shape index (κ3) is 2.63. The van der Waals surface area contributed by atoms with Gasteiger partial charge in [-0.1, -0.05) is 0 Å². The minimum absolute atomic E-state index is 0.106. The first-order chi connectivity index (χ1) is 9.17. The van der Waals surface area contributed by atoms with Gasteiger partial charge in [-0.15, -0.1) is 0 Å². The molecule has 4 heteroatoms. The number of amides is 1. The van der Waals surface area contributed by atoms with Gasteiger partial charge in [0.2, 0.25) is 0 Å². The van der Waals surface area contributed by atoms with Gasteiger partial charge in [-0.05, 0) is 49.9 Å². The monoisotopic (exact) mass is 263 g/mol. The molecule has 3 rings (SSSR count). The van der Waals surface area contributed by atoms with Crippen LogP contribution >= 0.6 is 0 Å². The van der Waals surface area contributed by atoms with Crippen LogP contribution in [0.4, 0.5) is 4.39 Å². The Hall–Kier alpha value is -1.42. The van der Waals surface area contributed by atoms with Crippen LogP contribution in [0, 0.1) is 11.2 Å². The van der Waals surface area contributed by atoms with Crippen molar-refractivity contribution in [2.75, 3.05) is 13.2 Å². The normalized spacial score (nSPS) is 21.9. The molecule has 102 valence electrons. The van der Waals surface area contributed by atoms with Crippen molar-refractivity contribution in [2.45, 2.75) is 31.7 Å². The highest BCUT2D eigenvalue weighted by molar-refractivity contribution is 5.94. The Labute approximate surface area is 112 Å². The number of ether oxygens (including phenoxy) is 1. The van der Waals surface area contributed by atoms with E-state index >= 15 is 0 Å². The largest absolute Gasteiger partial charge is 0.380 e. The second kappa shape index (κ2) is 4.93. The lowest BCUT2D eigenvalue weighted by Crippen LogP contribution is -2.49. The van der Waals surface area contributed by atoms with E-state index in [9.17, 15) is 9.18 Å². The van der Waals surface area contributed by atoms with Gasteiger partial charge in [-0.3, -0.25) is 4.79 Å². The first-order valence-corrected chi connectivity index (χ1v) is 6.81. The van der Waals surface area contributed by atoms with Crippen molar-refractivity contribution >= 4 is 5.91 Å². The summed E-state index contributed by atoms with van der Waals surface area (Å²) in [5.74, 6) is -0.424. The zero-order valence-corrected chi connectivity index (χ0v) is 10.8. The van der Waals surface area contributed by atoms with E-state index < -0.39 is 0 Å². The molecule has 0 atom stereocenters. The highest BCUT2D eigenvalue weighted by Gasteiger charge is 2.41. The lowest BCUT2D eigenvalue weighted by atomic mass is 9.71. The predicted molar refractivity (Wildman–Crippen MR) is 69.4 cm³/mol. The van der Waals surface area contributed by atoms with Crippen LogP contribution in [-0.4, -0.2) is 25.2 Å². The Morgan fingerprint density at radius 1 is 1.21 bits per heavy atom. The van der Waals surface area contributed by atoms with E-state index in [1.54, 1.807) is 0 Å². The zero-order valence-electron chi connectivity index (χ0n) is 10.8. The van der Waals surface area contributed by atoms with Gasteiger partial charge >= 0.3 is 0 Å². The molecule has 1 saturated heterocycles. The van der Waals surface area contributed by atoms with Crippen LogP contribution in [0.5, 0.6) is 0 Å². The molecule has 1 heterocycles. The van der Waals surface area contributed by atoms with E-state index in [0.717, 1.165) is 38.9 Å². The zero-order chi connectivity index (χ0) is 13.3. The summed E-state index contributed by atoms with van der Waals surface area (Å²) in [5, 5.41) is 3.04. The van der Waals surface area contributed by atoms with E-state index in [-0.39, 0.29) is 17.8 Å². The Kier molecular flexibility index (Phi) is 3.27. The standard InChI is InChI=1S/C15H18FNO2/c16-12-3-1-11(2-4-12)14(18)17-13-5-7-15(8-6-13)9-19-10-15/h1-4,13H,5-10H2,(H,17,18). The molecule has 0 unspecified atom stereocenters. The first kappa shape index (κ1) is 12.6. The maximum atomic E-state index is 12.8. The molecular formula is C15H18FNO2. The number of halogens is 1. The maximum Gasteiger partial charge on any atom is 0.251 e. The number of carbonyl (C=O) groups excluding carboxylic acids is 1. The molecule has 0 bridgehead atoms. The van der Waals surface area contributed by atoms with Gasteiger partial charge in [0.05, 0.1) is 13.2 Å². The second-order valence-electron chi connectivity index (χ2n) is 5.75. The first-order valence-electron chi connectivity index (χ1n) is 6.81. The van der Waals surface area contributed by atoms with E-state index in [0.29, 0.717) is 11.0 Å². The summed E-state index contributed by atoms with van der Waals surface area (Å²) in [7, 11) is 0. The fourth-order valence-corrected chi connectivity index (χ4v) is 2.92. The summed E-state index contributed by atoms with van der Waals surface area (Å²) in [4.78, 5) is 12.0. The fourth-order valence-electron chi connectivity index (χ4n) is 2.92. The second-order valence-corrected chi connectivity index (χ2v) is 5.75. The molecule has 1 aromatic carbocycles. The number of benzene rings is 1. The molecular weight excluding hydrogens is 245 g/mol. The van der Waals surface area contributed by atoms with Crippen molar-refractivity contribution < 1.29 is 13.9 Å². The van der Waals surface area contributed by atoms with Crippen molar-refractivity contribution in [1.82, 2.24) is 5.32 Å². The minimum Gasteiger partial charge on any atom is -0.380 e. The van der Waals surface area contributed by atoms with Crippen LogP contribution in [-0.2, 0) is 4.74 Å². The molecule has 0 radical (unpaired) electrons. The average molecular weight is 263 g/mol. The maximum absolute atomic E-state index is 12.8. The highest BCUT2D eigenvalue weighted by Crippen LogP contribution is 2.42. The fraction of sp³-hybridized carbons (Fsp3) is 0.533. The van der Waals surface area contributed by atoms with Gasteiger partial charge in [0, 0.05) is 17.0 Å². The van der Waals surface area contributed by atoms with Crippen molar-refractivity contribution in [3.05, 3.63) is 35.6 Å². The Morgan fingerprint density at radius 3 is 2.37 bits per heavy atom. The molecule has 19 heavy (non-hydrogen) atoms. The van der Waals surface area contributed by atoms with Crippen LogP contribution in [0.15, 0.2) is 24.3 Å². The van der Waals surface area contributed by atoms with Crippen LogP contribution in [0.2, 0.25) is 0 Å². The molecule has 1 amide bonds. The van der Waals surface area contributed by atoms with Crippen molar-refractivity contribution in [3.8, 4) is 0 Å². The van der Waals surface area contributed by atoms with Gasteiger partial charge in [0.25, 0.3) is 5.91 Å². The van der Waals surface area contributed by atoms with Crippen molar-refractivity contribution in [2.24, 2.45) is 5.41 Å². The van der Waals surface area contributed by atoms with Gasteiger partial charge < -0.3 is 10.1 Å². The van der Waals surface area contributed by atoms with Gasteiger partial charge in [0.1, 0.15) is 5.82 Å². The van der Waals surface area contributed by atoms with Gasteiger partial charge in [-0.2, -0.15) is 0 Å². The smallest absolute Gasteiger partial charge is 0.251 e. The number of hydrogen-bond donors (Lipinski definition) is 1. The summed E-state index contributed by atoms with van der Waals surface area (Å²) < 4.78 is 18.1. The van der Waals surface area contributed by atoms with Crippen molar-refractivity contribution in [1.29, 1.82) is 0 Å². The van der Waals surface area contributed by atoms with Gasteiger partial charge in [-0.25, -0.2) is 4.39 Å². The lowest BCUT2D eigenvalue weighted by molar-refractivity contribution is -0.133. The Morgan fingerprint density at radius 2 is 1.84 bits per heavy atom. The molecule has 1 N–H and O–H groups in total. The third-order valence-corrected chi connectivity index (χ3v) is 4.30. The molecule has 1 saturated carbocycles. The minimum atomic E-state index is -0.318. The van der Waals surface area contributed by atoms with Gasteiger partial charge in [0.15, 0.2) is 0 Å². The molecule has 1 aliphatic carbocycles. The van der Waals surface area contributed by atoms with E-state index in [1.807, 2.05) is 0 Å². The summed E-state index contributed by atoms with van der Waals surface area (Å²) in [6.07, 6.45) is 4.27. The SMILES string of the molecule is O=C(NC1CCC2(CC1)COC2)c1ccc(F)cc1. The number of nitrogens with one attached hydrogen (secondary N) is 1. The van der Waals surface area contributed by atoms with E-state index in [1.165, 1.54) is 24.3 Å². The van der Waals surface area contributed by atoms with Crippen LogP contribution in [0.1, 0.15) is 36.0 Å². The molecule has 3 nitrogen and oxygen atoms in total. The summed E-state index contributed by atoms with van der Waals surface area (Å²) >= 11 is 0. The topological polar surface area (TPSA) is 38.3 Å². The summed E-state index contributed by atoms with van der Waals surface area (Å²) in [5.41, 5.74) is 0.922. The van der Waals surface area contributed by atoms with Crippen LogP contribution in [0.3, 0.4) is 0 Å². The Bertz CT molecular complexity index is 458. The number of carbonyl (C=O) groups is 1. The molecule has 1 aromatic rings. The average Bonchev–Trinajstić information content (AvgIpc) is 2.38. The van der Waals surface area contributed by atoms with Crippen LogP contribution in [0.25, 0.3) is 0 Å². The number of hydrogen-bond acceptors (Lipinski definition) is 2. The van der Waals surface area contributed by atoms with E-state index in [4.69, 9.17) is 4.74 Å². The molecule has 1 spiro atoms. The molecule has 2 aliphatic rings. The molecule has 0 aromatic heterocycles.